The highest BCUT2D eigenvalue weighted by Gasteiger charge is 2.07. The zero-order valence-corrected chi connectivity index (χ0v) is 12.7. The Balaban J connectivity index is 0.00000180. The topological polar surface area (TPSA) is 42.2 Å². The maximum absolute atomic E-state index is 5.23. The van der Waals surface area contributed by atoms with Crippen LogP contribution in [-0.2, 0) is 5.75 Å². The SMILES string of the molecule is CN(C)CCSCc1nc(-c2ccccc2)no1.Cl. The van der Waals surface area contributed by atoms with Gasteiger partial charge in [-0.2, -0.15) is 16.7 Å². The molecular formula is C13H18ClN3OS. The number of benzene rings is 1. The summed E-state index contributed by atoms with van der Waals surface area (Å²) in [7, 11) is 4.14. The Bertz CT molecular complexity index is 476. The highest BCUT2D eigenvalue weighted by molar-refractivity contribution is 7.98. The van der Waals surface area contributed by atoms with E-state index in [0.29, 0.717) is 11.7 Å². The summed E-state index contributed by atoms with van der Waals surface area (Å²) in [5, 5.41) is 3.99. The molecule has 0 saturated heterocycles. The zero-order valence-electron chi connectivity index (χ0n) is 11.1. The third-order valence-corrected chi connectivity index (χ3v) is 3.33. The number of aromatic nitrogens is 2. The molecule has 0 spiro atoms. The molecule has 0 atom stereocenters. The highest BCUT2D eigenvalue weighted by atomic mass is 35.5. The van der Waals surface area contributed by atoms with Crippen LogP contribution >= 0.6 is 24.2 Å². The number of hydrogen-bond acceptors (Lipinski definition) is 5. The fraction of sp³-hybridized carbons (Fsp3) is 0.385. The summed E-state index contributed by atoms with van der Waals surface area (Å²) < 4.78 is 5.23. The molecule has 0 saturated carbocycles. The molecule has 0 aliphatic carbocycles. The average Bonchev–Trinajstić information content (AvgIpc) is 2.84. The molecule has 19 heavy (non-hydrogen) atoms. The van der Waals surface area contributed by atoms with Gasteiger partial charge < -0.3 is 9.42 Å². The minimum Gasteiger partial charge on any atom is -0.338 e. The van der Waals surface area contributed by atoms with Crippen LogP contribution in [0.2, 0.25) is 0 Å². The van der Waals surface area contributed by atoms with Crippen LogP contribution in [0.25, 0.3) is 11.4 Å². The Morgan fingerprint density at radius 1 is 1.21 bits per heavy atom. The standard InChI is InChI=1S/C13H17N3OS.ClH/c1-16(2)8-9-18-10-12-14-13(15-17-12)11-6-4-3-5-7-11;/h3-7H,8-10H2,1-2H3;1H. The van der Waals surface area contributed by atoms with Gasteiger partial charge in [0.1, 0.15) is 0 Å². The average molecular weight is 300 g/mol. The van der Waals surface area contributed by atoms with Crippen molar-refractivity contribution in [3.63, 3.8) is 0 Å². The lowest BCUT2D eigenvalue weighted by atomic mass is 10.2. The van der Waals surface area contributed by atoms with E-state index in [1.807, 2.05) is 30.3 Å². The molecule has 0 unspecified atom stereocenters. The summed E-state index contributed by atoms with van der Waals surface area (Å²) >= 11 is 1.81. The number of rotatable bonds is 6. The minimum atomic E-state index is 0. The Morgan fingerprint density at radius 3 is 2.63 bits per heavy atom. The first kappa shape index (κ1) is 16.0. The predicted octanol–water partition coefficient (Wildman–Crippen LogP) is 2.95. The van der Waals surface area contributed by atoms with Crippen molar-refractivity contribution >= 4 is 24.2 Å². The molecule has 2 aromatic rings. The molecule has 0 bridgehead atoms. The van der Waals surface area contributed by atoms with Gasteiger partial charge in [-0.1, -0.05) is 35.5 Å². The molecule has 0 N–H and O–H groups in total. The van der Waals surface area contributed by atoms with Gasteiger partial charge in [-0.05, 0) is 14.1 Å². The molecular weight excluding hydrogens is 282 g/mol. The van der Waals surface area contributed by atoms with Crippen LogP contribution in [-0.4, -0.2) is 41.4 Å². The molecule has 2 rings (SSSR count). The van der Waals surface area contributed by atoms with Crippen LogP contribution < -0.4 is 0 Å². The van der Waals surface area contributed by atoms with E-state index in [0.717, 1.165) is 23.6 Å². The van der Waals surface area contributed by atoms with Gasteiger partial charge in [0.15, 0.2) is 0 Å². The largest absolute Gasteiger partial charge is 0.338 e. The third-order valence-electron chi connectivity index (χ3n) is 2.41. The molecule has 6 heteroatoms. The van der Waals surface area contributed by atoms with Crippen molar-refractivity contribution in [3.8, 4) is 11.4 Å². The molecule has 4 nitrogen and oxygen atoms in total. The Kier molecular flexibility index (Phi) is 6.91. The van der Waals surface area contributed by atoms with E-state index in [2.05, 4.69) is 29.1 Å². The van der Waals surface area contributed by atoms with Crippen molar-refractivity contribution in [2.45, 2.75) is 5.75 Å². The van der Waals surface area contributed by atoms with Gasteiger partial charge in [0, 0.05) is 17.9 Å². The Morgan fingerprint density at radius 2 is 1.95 bits per heavy atom. The fourth-order valence-corrected chi connectivity index (χ4v) is 2.36. The number of hydrogen-bond donors (Lipinski definition) is 0. The van der Waals surface area contributed by atoms with Crippen LogP contribution in [0.5, 0.6) is 0 Å². The van der Waals surface area contributed by atoms with E-state index in [4.69, 9.17) is 4.52 Å². The number of nitrogens with zero attached hydrogens (tertiary/aromatic N) is 3. The smallest absolute Gasteiger partial charge is 0.236 e. The molecule has 1 aromatic carbocycles. The van der Waals surface area contributed by atoms with Crippen molar-refractivity contribution < 1.29 is 4.52 Å². The molecule has 0 radical (unpaired) electrons. The van der Waals surface area contributed by atoms with Crippen molar-refractivity contribution in [1.29, 1.82) is 0 Å². The van der Waals surface area contributed by atoms with Gasteiger partial charge in [-0.15, -0.1) is 12.4 Å². The summed E-state index contributed by atoms with van der Waals surface area (Å²) in [4.78, 5) is 6.55. The summed E-state index contributed by atoms with van der Waals surface area (Å²) in [6.07, 6.45) is 0. The lowest BCUT2D eigenvalue weighted by Gasteiger charge is -2.07. The quantitative estimate of drug-likeness (QED) is 0.767. The first-order valence-electron chi connectivity index (χ1n) is 5.86. The first-order chi connectivity index (χ1) is 8.75. The van der Waals surface area contributed by atoms with Crippen LogP contribution in [0.4, 0.5) is 0 Å². The van der Waals surface area contributed by atoms with Gasteiger partial charge in [0.2, 0.25) is 11.7 Å². The minimum absolute atomic E-state index is 0. The lowest BCUT2D eigenvalue weighted by molar-refractivity contribution is 0.391. The molecule has 104 valence electrons. The maximum atomic E-state index is 5.23. The monoisotopic (exact) mass is 299 g/mol. The van der Waals surface area contributed by atoms with Crippen molar-refractivity contribution in [2.75, 3.05) is 26.4 Å². The second-order valence-corrected chi connectivity index (χ2v) is 5.34. The van der Waals surface area contributed by atoms with Crippen LogP contribution in [0, 0.1) is 0 Å². The zero-order chi connectivity index (χ0) is 12.8. The summed E-state index contributed by atoms with van der Waals surface area (Å²) in [5.41, 5.74) is 0.991. The van der Waals surface area contributed by atoms with Gasteiger partial charge >= 0.3 is 0 Å². The lowest BCUT2D eigenvalue weighted by Crippen LogP contribution is -2.14. The van der Waals surface area contributed by atoms with E-state index >= 15 is 0 Å². The second-order valence-electron chi connectivity index (χ2n) is 4.23. The highest BCUT2D eigenvalue weighted by Crippen LogP contribution is 2.17. The Hall–Kier alpha value is -1.04. The van der Waals surface area contributed by atoms with Crippen LogP contribution in [0.3, 0.4) is 0 Å². The van der Waals surface area contributed by atoms with Gasteiger partial charge in [-0.25, -0.2) is 0 Å². The molecule has 0 amide bonds. The summed E-state index contributed by atoms with van der Waals surface area (Å²) in [6.45, 7) is 1.06. The number of halogens is 1. The molecule has 0 aliphatic heterocycles. The molecule has 0 fully saturated rings. The third kappa shape index (κ3) is 5.22. The van der Waals surface area contributed by atoms with E-state index < -0.39 is 0 Å². The van der Waals surface area contributed by atoms with Gasteiger partial charge in [-0.3, -0.25) is 0 Å². The van der Waals surface area contributed by atoms with Gasteiger partial charge in [0.05, 0.1) is 5.75 Å². The maximum Gasteiger partial charge on any atom is 0.236 e. The van der Waals surface area contributed by atoms with Crippen LogP contribution in [0.15, 0.2) is 34.9 Å². The van der Waals surface area contributed by atoms with Crippen molar-refractivity contribution in [3.05, 3.63) is 36.2 Å². The Labute approximate surface area is 124 Å². The predicted molar refractivity (Wildman–Crippen MR) is 81.7 cm³/mol. The van der Waals surface area contributed by atoms with Crippen molar-refractivity contribution in [2.24, 2.45) is 0 Å². The van der Waals surface area contributed by atoms with E-state index in [1.54, 1.807) is 11.8 Å². The first-order valence-corrected chi connectivity index (χ1v) is 7.01. The fourth-order valence-electron chi connectivity index (χ4n) is 1.42. The molecule has 0 aliphatic rings. The summed E-state index contributed by atoms with van der Waals surface area (Å²) in [6, 6.07) is 9.87. The second kappa shape index (κ2) is 8.19. The molecule has 1 heterocycles. The number of thioether (sulfide) groups is 1. The summed E-state index contributed by atoms with van der Waals surface area (Å²) in [5.74, 6) is 3.19. The van der Waals surface area contributed by atoms with Gasteiger partial charge in [0.25, 0.3) is 0 Å². The normalized spacial score (nSPS) is 10.5. The molecule has 1 aromatic heterocycles. The van der Waals surface area contributed by atoms with Crippen LogP contribution in [0.1, 0.15) is 5.89 Å². The van der Waals surface area contributed by atoms with E-state index in [-0.39, 0.29) is 12.4 Å². The van der Waals surface area contributed by atoms with Crippen molar-refractivity contribution in [1.82, 2.24) is 15.0 Å². The van der Waals surface area contributed by atoms with E-state index in [1.165, 1.54) is 0 Å². The van der Waals surface area contributed by atoms with E-state index in [9.17, 15) is 0 Å².